The highest BCUT2D eigenvalue weighted by Crippen LogP contribution is 2.43. The van der Waals surface area contributed by atoms with Crippen molar-refractivity contribution in [2.24, 2.45) is 0 Å². The quantitative estimate of drug-likeness (QED) is 0.737. The summed E-state index contributed by atoms with van der Waals surface area (Å²) >= 11 is 0. The van der Waals surface area contributed by atoms with E-state index in [0.29, 0.717) is 29.4 Å². The molecule has 5 rings (SSSR count). The summed E-state index contributed by atoms with van der Waals surface area (Å²) in [4.78, 5) is 17.7. The molecule has 1 aromatic carbocycles. The first-order valence-corrected chi connectivity index (χ1v) is 9.77. The van der Waals surface area contributed by atoms with Crippen LogP contribution in [0, 0.1) is 6.92 Å². The van der Waals surface area contributed by atoms with E-state index in [4.69, 9.17) is 4.52 Å². The summed E-state index contributed by atoms with van der Waals surface area (Å²) in [6.07, 6.45) is 5.69. The topological polar surface area (TPSA) is 68.0 Å². The number of pyridine rings is 1. The van der Waals surface area contributed by atoms with Crippen LogP contribution in [0.25, 0.3) is 11.1 Å². The number of fused-ring (bicyclic) bond motifs is 1. The smallest absolute Gasteiger partial charge is 0.259 e. The first-order valence-electron chi connectivity index (χ1n) is 9.77. The Morgan fingerprint density at radius 1 is 1.26 bits per heavy atom. The van der Waals surface area contributed by atoms with Crippen LogP contribution in [-0.2, 0) is 5.41 Å². The lowest BCUT2D eigenvalue weighted by Gasteiger charge is -2.42. The number of amides is 1. The summed E-state index contributed by atoms with van der Waals surface area (Å²) in [5, 5.41) is 7.96. The van der Waals surface area contributed by atoms with Crippen molar-refractivity contribution >= 4 is 17.0 Å². The molecule has 0 atom stereocenters. The van der Waals surface area contributed by atoms with Gasteiger partial charge in [0.15, 0.2) is 0 Å². The van der Waals surface area contributed by atoms with Gasteiger partial charge in [-0.1, -0.05) is 41.9 Å². The highest BCUT2D eigenvalue weighted by atomic mass is 16.5. The molecule has 0 radical (unpaired) electrons. The molecule has 2 aliphatic rings. The maximum Gasteiger partial charge on any atom is 0.259 e. The second kappa shape index (κ2) is 6.19. The minimum atomic E-state index is -0.0576. The van der Waals surface area contributed by atoms with Crippen molar-refractivity contribution in [2.75, 3.05) is 6.54 Å². The number of rotatable bonds is 5. The molecule has 27 heavy (non-hydrogen) atoms. The van der Waals surface area contributed by atoms with Crippen molar-refractivity contribution in [3.8, 4) is 0 Å². The van der Waals surface area contributed by atoms with E-state index in [2.05, 4.69) is 39.7 Å². The number of aromatic nitrogens is 2. The van der Waals surface area contributed by atoms with E-state index in [9.17, 15) is 4.79 Å². The molecular weight excluding hydrogens is 338 g/mol. The third kappa shape index (κ3) is 2.82. The zero-order valence-electron chi connectivity index (χ0n) is 15.5. The van der Waals surface area contributed by atoms with Gasteiger partial charge in [-0.25, -0.2) is 4.98 Å². The monoisotopic (exact) mass is 361 g/mol. The van der Waals surface area contributed by atoms with Crippen LogP contribution < -0.4 is 5.32 Å². The summed E-state index contributed by atoms with van der Waals surface area (Å²) in [6, 6.07) is 12.5. The Balaban J connectivity index is 1.43. The molecule has 1 N–H and O–H groups in total. The molecular formula is C22H23N3O2. The molecule has 0 aliphatic heterocycles. The number of hydrogen-bond acceptors (Lipinski definition) is 4. The largest absolute Gasteiger partial charge is 0.351 e. The zero-order valence-corrected chi connectivity index (χ0v) is 15.5. The van der Waals surface area contributed by atoms with Gasteiger partial charge in [-0.3, -0.25) is 4.79 Å². The second-order valence-corrected chi connectivity index (χ2v) is 8.00. The molecule has 0 spiro atoms. The molecule has 3 aromatic rings. The van der Waals surface area contributed by atoms with Gasteiger partial charge in [-0.05, 0) is 44.2 Å². The zero-order chi connectivity index (χ0) is 18.4. The fourth-order valence-electron chi connectivity index (χ4n) is 4.19. The molecule has 0 saturated heterocycles. The third-order valence-corrected chi connectivity index (χ3v) is 6.16. The maximum atomic E-state index is 13.1. The number of benzene rings is 1. The van der Waals surface area contributed by atoms with Crippen molar-refractivity contribution in [1.29, 1.82) is 0 Å². The van der Waals surface area contributed by atoms with E-state index < -0.39 is 0 Å². The molecule has 5 nitrogen and oxygen atoms in total. The highest BCUT2D eigenvalue weighted by molar-refractivity contribution is 6.06. The molecule has 2 aliphatic carbocycles. The average Bonchev–Trinajstić information content (AvgIpc) is 3.45. The molecule has 2 aromatic heterocycles. The van der Waals surface area contributed by atoms with Crippen LogP contribution in [0.1, 0.15) is 65.3 Å². The number of nitrogens with zero attached hydrogens (tertiary/aromatic N) is 2. The first kappa shape index (κ1) is 16.5. The van der Waals surface area contributed by atoms with Crippen LogP contribution in [-0.4, -0.2) is 22.6 Å². The Bertz CT molecular complexity index is 1000. The van der Waals surface area contributed by atoms with E-state index in [1.165, 1.54) is 12.0 Å². The van der Waals surface area contributed by atoms with Gasteiger partial charge in [0, 0.05) is 23.6 Å². The lowest BCUT2D eigenvalue weighted by Crippen LogP contribution is -2.45. The van der Waals surface area contributed by atoms with Gasteiger partial charge < -0.3 is 9.84 Å². The molecule has 2 heterocycles. The minimum absolute atomic E-state index is 0.0576. The summed E-state index contributed by atoms with van der Waals surface area (Å²) in [5.41, 5.74) is 4.16. The minimum Gasteiger partial charge on any atom is -0.351 e. The van der Waals surface area contributed by atoms with Crippen LogP contribution >= 0.6 is 0 Å². The van der Waals surface area contributed by atoms with Crippen LogP contribution in [0.5, 0.6) is 0 Å². The van der Waals surface area contributed by atoms with E-state index in [-0.39, 0.29) is 11.3 Å². The van der Waals surface area contributed by atoms with Crippen molar-refractivity contribution in [2.45, 2.75) is 50.4 Å². The lowest BCUT2D eigenvalue weighted by atomic mass is 9.64. The molecule has 1 amide bonds. The summed E-state index contributed by atoms with van der Waals surface area (Å²) in [7, 11) is 0. The van der Waals surface area contributed by atoms with Crippen molar-refractivity contribution in [1.82, 2.24) is 15.5 Å². The summed E-state index contributed by atoms with van der Waals surface area (Å²) in [6.45, 7) is 2.52. The Labute approximate surface area is 158 Å². The summed E-state index contributed by atoms with van der Waals surface area (Å²) in [5.74, 6) is 0.395. The van der Waals surface area contributed by atoms with Crippen molar-refractivity contribution < 1.29 is 9.32 Å². The molecule has 5 heteroatoms. The van der Waals surface area contributed by atoms with Gasteiger partial charge in [-0.15, -0.1) is 0 Å². The highest BCUT2D eigenvalue weighted by Gasteiger charge is 2.39. The van der Waals surface area contributed by atoms with E-state index in [1.807, 2.05) is 19.1 Å². The molecule has 2 saturated carbocycles. The Morgan fingerprint density at radius 2 is 2.04 bits per heavy atom. The van der Waals surface area contributed by atoms with Crippen molar-refractivity contribution in [3.05, 3.63) is 58.9 Å². The third-order valence-electron chi connectivity index (χ3n) is 6.16. The van der Waals surface area contributed by atoms with Crippen LogP contribution in [0.2, 0.25) is 0 Å². The molecule has 138 valence electrons. The number of hydrogen-bond donors (Lipinski definition) is 1. The Kier molecular flexibility index (Phi) is 3.78. The SMILES string of the molecule is Cc1noc2nc(C3CC3)cc(C(=O)NCC3(c4ccccc4)CCC3)c12. The standard InChI is InChI=1S/C22H23N3O2/c1-14-19-17(12-18(15-8-9-15)24-21(19)27-25-14)20(26)23-13-22(10-5-11-22)16-6-3-2-4-7-16/h2-4,6-7,12,15H,5,8-11,13H2,1H3,(H,23,26). The normalized spacial score (nSPS) is 18.3. The predicted molar refractivity (Wildman–Crippen MR) is 103 cm³/mol. The molecule has 0 bridgehead atoms. The first-order chi connectivity index (χ1) is 13.2. The maximum absolute atomic E-state index is 13.1. The number of aryl methyl sites for hydroxylation is 1. The Morgan fingerprint density at radius 3 is 2.70 bits per heavy atom. The number of nitrogens with one attached hydrogen (secondary N) is 1. The number of carbonyl (C=O) groups excluding carboxylic acids is 1. The molecule has 0 unspecified atom stereocenters. The van der Waals surface area contributed by atoms with Gasteiger partial charge in [0.2, 0.25) is 0 Å². The van der Waals surface area contributed by atoms with Gasteiger partial charge in [0.05, 0.1) is 16.6 Å². The fourth-order valence-corrected chi connectivity index (χ4v) is 4.19. The van der Waals surface area contributed by atoms with Crippen LogP contribution in [0.15, 0.2) is 40.9 Å². The van der Waals surface area contributed by atoms with Gasteiger partial charge >= 0.3 is 0 Å². The van der Waals surface area contributed by atoms with Crippen LogP contribution in [0.4, 0.5) is 0 Å². The van der Waals surface area contributed by atoms with Gasteiger partial charge in [0.25, 0.3) is 11.6 Å². The van der Waals surface area contributed by atoms with Crippen LogP contribution in [0.3, 0.4) is 0 Å². The predicted octanol–water partition coefficient (Wildman–Crippen LogP) is 4.26. The second-order valence-electron chi connectivity index (χ2n) is 8.00. The molecule has 2 fully saturated rings. The fraction of sp³-hybridized carbons (Fsp3) is 0.409. The van der Waals surface area contributed by atoms with E-state index in [1.54, 1.807) is 0 Å². The lowest BCUT2D eigenvalue weighted by molar-refractivity contribution is 0.0929. The average molecular weight is 361 g/mol. The van der Waals surface area contributed by atoms with E-state index >= 15 is 0 Å². The Hall–Kier alpha value is -2.69. The van der Waals surface area contributed by atoms with Crippen molar-refractivity contribution in [3.63, 3.8) is 0 Å². The van der Waals surface area contributed by atoms with E-state index in [0.717, 1.165) is 36.8 Å². The van der Waals surface area contributed by atoms with Gasteiger partial charge in [0.1, 0.15) is 0 Å². The van der Waals surface area contributed by atoms with Gasteiger partial charge in [-0.2, -0.15) is 0 Å². The summed E-state index contributed by atoms with van der Waals surface area (Å²) < 4.78 is 5.36. The number of carbonyl (C=O) groups is 1.